The Kier molecular flexibility index (Phi) is 5.01. The third kappa shape index (κ3) is 3.29. The van der Waals surface area contributed by atoms with Gasteiger partial charge in [0.15, 0.2) is 0 Å². The van der Waals surface area contributed by atoms with Crippen LogP contribution in [0.15, 0.2) is 84.9 Å². The first-order valence-corrected chi connectivity index (χ1v) is 15.4. The van der Waals surface area contributed by atoms with E-state index in [4.69, 9.17) is 19.7 Å². The Morgan fingerprint density at radius 2 is 1.16 bits per heavy atom. The third-order valence-electron chi connectivity index (χ3n) is 6.84. The Bertz CT molecular complexity index is 1310. The second kappa shape index (κ2) is 7.87. The zero-order valence-electron chi connectivity index (χ0n) is 17.0. The monoisotopic (exact) mass is 478 g/mol. The van der Waals surface area contributed by atoms with Crippen LogP contribution >= 0.6 is 19.7 Å². The van der Waals surface area contributed by atoms with E-state index in [1.807, 2.05) is 0 Å². The van der Waals surface area contributed by atoms with Crippen molar-refractivity contribution in [2.75, 3.05) is 0 Å². The Morgan fingerprint density at radius 1 is 0.613 bits per heavy atom. The van der Waals surface area contributed by atoms with Gasteiger partial charge in [-0.05, 0) is 0 Å². The van der Waals surface area contributed by atoms with E-state index in [2.05, 4.69) is 84.9 Å². The summed E-state index contributed by atoms with van der Waals surface area (Å²) in [7, 11) is 13.6. The van der Waals surface area contributed by atoms with E-state index in [0.717, 1.165) is 19.3 Å². The summed E-state index contributed by atoms with van der Waals surface area (Å²) in [6, 6.07) is 30.9. The van der Waals surface area contributed by atoms with Gasteiger partial charge in [0.05, 0.1) is 0 Å². The SMILES string of the molecule is [Cl][V]([Cl])[CH](Cc1cccc2c1Cc1ccccc1-2)c1cccc2c1Cc1ccccc1-2. The number of hydrogen-bond acceptors (Lipinski definition) is 0. The van der Waals surface area contributed by atoms with E-state index in [0.29, 0.717) is 0 Å². The van der Waals surface area contributed by atoms with Crippen LogP contribution < -0.4 is 0 Å². The molecule has 4 aromatic rings. The van der Waals surface area contributed by atoms with Gasteiger partial charge in [-0.25, -0.2) is 0 Å². The minimum absolute atomic E-state index is 0.204. The summed E-state index contributed by atoms with van der Waals surface area (Å²) in [6.45, 7) is 0. The number of hydrogen-bond donors (Lipinski definition) is 0. The van der Waals surface area contributed by atoms with Crippen molar-refractivity contribution in [3.8, 4) is 22.3 Å². The van der Waals surface area contributed by atoms with Crippen LogP contribution in [0, 0.1) is 0 Å². The number of benzene rings is 4. The van der Waals surface area contributed by atoms with E-state index in [1.54, 1.807) is 0 Å². The normalized spacial score (nSPS) is 14.2. The zero-order chi connectivity index (χ0) is 20.9. The van der Waals surface area contributed by atoms with Crippen LogP contribution in [0.2, 0.25) is 0 Å². The fourth-order valence-corrected chi connectivity index (χ4v) is 8.07. The summed E-state index contributed by atoms with van der Waals surface area (Å²) >= 11 is -2.05. The average Bonchev–Trinajstić information content (AvgIpc) is 3.36. The van der Waals surface area contributed by atoms with Gasteiger partial charge in [-0.3, -0.25) is 0 Å². The molecule has 0 amide bonds. The summed E-state index contributed by atoms with van der Waals surface area (Å²) < 4.78 is 0.204. The molecule has 0 aromatic heterocycles. The minimum atomic E-state index is -2.05. The molecule has 0 saturated heterocycles. The van der Waals surface area contributed by atoms with Gasteiger partial charge in [-0.1, -0.05) is 0 Å². The second-order valence-electron chi connectivity index (χ2n) is 8.46. The van der Waals surface area contributed by atoms with Gasteiger partial charge in [0, 0.05) is 0 Å². The van der Waals surface area contributed by atoms with Crippen LogP contribution in [0.4, 0.5) is 0 Å². The molecule has 0 radical (unpaired) electrons. The van der Waals surface area contributed by atoms with Crippen molar-refractivity contribution in [3.05, 3.63) is 118 Å². The maximum absolute atomic E-state index is 6.79. The fraction of sp³-hybridized carbons (Fsp3) is 0.143. The molecular formula is C28H21Cl2V. The fourth-order valence-electron chi connectivity index (χ4n) is 5.40. The first-order valence-electron chi connectivity index (χ1n) is 10.7. The van der Waals surface area contributed by atoms with Crippen LogP contribution in [0.3, 0.4) is 0 Å². The predicted octanol–water partition coefficient (Wildman–Crippen LogP) is 8.04. The van der Waals surface area contributed by atoms with Crippen molar-refractivity contribution in [1.29, 1.82) is 0 Å². The summed E-state index contributed by atoms with van der Waals surface area (Å²) in [5.74, 6) is 0. The van der Waals surface area contributed by atoms with Crippen molar-refractivity contribution in [2.45, 2.75) is 23.9 Å². The van der Waals surface area contributed by atoms with Crippen molar-refractivity contribution < 1.29 is 13.2 Å². The summed E-state index contributed by atoms with van der Waals surface area (Å²) in [5.41, 5.74) is 13.9. The molecule has 0 bridgehead atoms. The van der Waals surface area contributed by atoms with Crippen molar-refractivity contribution in [1.82, 2.24) is 0 Å². The molecular weight excluding hydrogens is 458 g/mol. The molecule has 0 saturated carbocycles. The van der Waals surface area contributed by atoms with Gasteiger partial charge in [-0.15, -0.1) is 0 Å². The molecule has 2 aliphatic carbocycles. The van der Waals surface area contributed by atoms with E-state index < -0.39 is 13.2 Å². The molecule has 0 nitrogen and oxygen atoms in total. The molecule has 0 spiro atoms. The number of halogens is 2. The molecule has 1 atom stereocenters. The molecule has 31 heavy (non-hydrogen) atoms. The molecule has 152 valence electrons. The van der Waals surface area contributed by atoms with Gasteiger partial charge < -0.3 is 0 Å². The maximum atomic E-state index is 6.79. The molecule has 3 heteroatoms. The van der Waals surface area contributed by atoms with Crippen molar-refractivity contribution >= 4 is 19.7 Å². The molecule has 1 unspecified atom stereocenters. The molecule has 6 rings (SSSR count). The molecule has 0 aliphatic heterocycles. The van der Waals surface area contributed by atoms with Gasteiger partial charge >= 0.3 is 197 Å². The molecule has 0 fully saturated rings. The first kappa shape index (κ1) is 19.7. The summed E-state index contributed by atoms with van der Waals surface area (Å²) in [6.07, 6.45) is 2.90. The predicted molar refractivity (Wildman–Crippen MR) is 128 cm³/mol. The molecule has 0 heterocycles. The Morgan fingerprint density at radius 3 is 1.84 bits per heavy atom. The average molecular weight is 479 g/mol. The zero-order valence-corrected chi connectivity index (χ0v) is 19.9. The Hall–Kier alpha value is -1.96. The van der Waals surface area contributed by atoms with Crippen LogP contribution in [0.1, 0.15) is 38.0 Å². The van der Waals surface area contributed by atoms with Crippen molar-refractivity contribution in [2.24, 2.45) is 0 Å². The second-order valence-corrected chi connectivity index (χ2v) is 14.0. The molecule has 0 N–H and O–H groups in total. The van der Waals surface area contributed by atoms with E-state index in [1.165, 1.54) is 55.6 Å². The van der Waals surface area contributed by atoms with E-state index in [9.17, 15) is 0 Å². The van der Waals surface area contributed by atoms with Crippen molar-refractivity contribution in [3.63, 3.8) is 0 Å². The van der Waals surface area contributed by atoms with E-state index in [-0.39, 0.29) is 4.63 Å². The summed E-state index contributed by atoms with van der Waals surface area (Å²) in [5, 5.41) is 0. The topological polar surface area (TPSA) is 0 Å². The number of rotatable bonds is 4. The van der Waals surface area contributed by atoms with Crippen LogP contribution in [-0.2, 0) is 32.5 Å². The van der Waals surface area contributed by atoms with E-state index >= 15 is 0 Å². The van der Waals surface area contributed by atoms with Crippen LogP contribution in [0.5, 0.6) is 0 Å². The van der Waals surface area contributed by atoms with Gasteiger partial charge in [0.2, 0.25) is 0 Å². The van der Waals surface area contributed by atoms with Gasteiger partial charge in [0.25, 0.3) is 0 Å². The van der Waals surface area contributed by atoms with Gasteiger partial charge in [-0.2, -0.15) is 0 Å². The standard InChI is InChI=1S/C28H21.2ClH.V/c1-3-11-23-21(7-1)17-27-19(9-5-13-25(23)27)15-16-20-10-6-14-26-24-12-4-2-8-22(24)18-28(20)26;;;/h1-15H,16-18H2;2*1H;/q;;;+2/p-2. The van der Waals surface area contributed by atoms with Gasteiger partial charge in [0.1, 0.15) is 0 Å². The summed E-state index contributed by atoms with van der Waals surface area (Å²) in [4.78, 5) is 0. The van der Waals surface area contributed by atoms with Crippen LogP contribution in [-0.4, -0.2) is 0 Å². The Labute approximate surface area is 196 Å². The Balaban J connectivity index is 1.41. The molecule has 4 aromatic carbocycles. The quantitative estimate of drug-likeness (QED) is 0.240. The van der Waals surface area contributed by atoms with Crippen LogP contribution in [0.25, 0.3) is 22.3 Å². The molecule has 2 aliphatic rings. The number of fused-ring (bicyclic) bond motifs is 6. The first-order chi connectivity index (χ1) is 15.2. The third-order valence-corrected chi connectivity index (χ3v) is 10.2.